The van der Waals surface area contributed by atoms with E-state index in [0.29, 0.717) is 0 Å². The number of hydrogen-bond donors (Lipinski definition) is 2. The first kappa shape index (κ1) is 14.2. The van der Waals surface area contributed by atoms with Gasteiger partial charge in [-0.2, -0.15) is 0 Å². The maximum Gasteiger partial charge on any atom is 0.327 e. The molecule has 0 saturated heterocycles. The van der Waals surface area contributed by atoms with E-state index in [-0.39, 0.29) is 17.7 Å². The molecule has 7 nitrogen and oxygen atoms in total. The second-order valence-electron chi connectivity index (χ2n) is 3.58. The maximum atomic E-state index is 11.7. The largest absolute Gasteiger partial charge is 0.480 e. The Labute approximate surface area is 108 Å². The highest BCUT2D eigenvalue weighted by molar-refractivity contribution is 5.97. The lowest BCUT2D eigenvalue weighted by molar-refractivity contribution is -0.384. The van der Waals surface area contributed by atoms with Gasteiger partial charge in [0.25, 0.3) is 11.6 Å². The summed E-state index contributed by atoms with van der Waals surface area (Å²) in [6.45, 7) is 0. The summed E-state index contributed by atoms with van der Waals surface area (Å²) in [5.74, 6) is 0.135. The molecule has 0 aliphatic heterocycles. The van der Waals surface area contributed by atoms with Crippen molar-refractivity contribution in [1.29, 1.82) is 0 Å². The Morgan fingerprint density at radius 3 is 2.74 bits per heavy atom. The molecule has 0 unspecified atom stereocenters. The van der Waals surface area contributed by atoms with Gasteiger partial charge in [0.2, 0.25) is 0 Å². The summed E-state index contributed by atoms with van der Waals surface area (Å²) in [6, 6.07) is 3.75. The van der Waals surface area contributed by atoms with Gasteiger partial charge in [0.1, 0.15) is 6.04 Å². The van der Waals surface area contributed by atoms with Gasteiger partial charge >= 0.3 is 5.97 Å². The van der Waals surface area contributed by atoms with E-state index < -0.39 is 22.8 Å². The smallest absolute Gasteiger partial charge is 0.327 e. The highest BCUT2D eigenvalue weighted by atomic mass is 16.6. The third-order valence-electron chi connectivity index (χ3n) is 2.24. The zero-order valence-electron chi connectivity index (χ0n) is 9.70. The Hall–Kier alpha value is -2.88. The minimum absolute atomic E-state index is 0.00234. The number of carbonyl (C=O) groups is 2. The number of rotatable bonds is 5. The zero-order valence-corrected chi connectivity index (χ0v) is 9.70. The van der Waals surface area contributed by atoms with E-state index in [2.05, 4.69) is 11.2 Å². The average Bonchev–Trinajstić information content (AvgIpc) is 2.38. The van der Waals surface area contributed by atoms with Crippen LogP contribution in [0.25, 0.3) is 0 Å². The van der Waals surface area contributed by atoms with Crippen LogP contribution in [0, 0.1) is 22.5 Å². The zero-order chi connectivity index (χ0) is 14.4. The van der Waals surface area contributed by atoms with Gasteiger partial charge in [0.15, 0.2) is 0 Å². The normalized spacial score (nSPS) is 11.1. The molecule has 0 aromatic heterocycles. The van der Waals surface area contributed by atoms with E-state index in [9.17, 15) is 19.7 Å². The number of nitro groups is 1. The molecule has 0 aliphatic carbocycles. The van der Waals surface area contributed by atoms with Crippen molar-refractivity contribution in [2.24, 2.45) is 0 Å². The van der Waals surface area contributed by atoms with Crippen LogP contribution >= 0.6 is 0 Å². The van der Waals surface area contributed by atoms with Crippen LogP contribution in [0.3, 0.4) is 0 Å². The van der Waals surface area contributed by atoms with Gasteiger partial charge in [-0.15, -0.1) is 12.3 Å². The number of terminal acetylenes is 1. The summed E-state index contributed by atoms with van der Waals surface area (Å²) in [7, 11) is 0. The number of carboxylic acid groups (broad SMARTS) is 1. The van der Waals surface area contributed by atoms with E-state index in [1.165, 1.54) is 18.2 Å². The van der Waals surface area contributed by atoms with Crippen LogP contribution in [0.1, 0.15) is 16.8 Å². The molecular formula is C12H10N2O5. The van der Waals surface area contributed by atoms with Crippen LogP contribution in [-0.4, -0.2) is 27.9 Å². The van der Waals surface area contributed by atoms with Crippen LogP contribution in [-0.2, 0) is 4.79 Å². The Bertz CT molecular complexity index is 561. The number of nitro benzene ring substituents is 1. The van der Waals surface area contributed by atoms with E-state index in [1.54, 1.807) is 0 Å². The fraction of sp³-hybridized carbons (Fsp3) is 0.167. The second-order valence-corrected chi connectivity index (χ2v) is 3.58. The average molecular weight is 262 g/mol. The number of hydrogen-bond acceptors (Lipinski definition) is 4. The number of carbonyl (C=O) groups excluding carboxylic acids is 1. The fourth-order valence-electron chi connectivity index (χ4n) is 1.32. The molecule has 0 bridgehead atoms. The van der Waals surface area contributed by atoms with Crippen molar-refractivity contribution < 1.29 is 19.6 Å². The number of benzene rings is 1. The number of aliphatic carboxylic acids is 1. The summed E-state index contributed by atoms with van der Waals surface area (Å²) in [4.78, 5) is 32.5. The molecule has 0 saturated carbocycles. The first-order chi connectivity index (χ1) is 8.95. The lowest BCUT2D eigenvalue weighted by Gasteiger charge is -2.11. The molecule has 0 radical (unpaired) electrons. The number of carboxylic acids is 1. The first-order valence-corrected chi connectivity index (χ1v) is 5.17. The van der Waals surface area contributed by atoms with Crippen molar-refractivity contribution in [2.75, 3.05) is 0 Å². The predicted octanol–water partition coefficient (Wildman–Crippen LogP) is 0.801. The molecule has 98 valence electrons. The summed E-state index contributed by atoms with van der Waals surface area (Å²) in [5.41, 5.74) is -0.256. The third-order valence-corrected chi connectivity index (χ3v) is 2.24. The number of nitrogens with zero attached hydrogens (tertiary/aromatic N) is 1. The van der Waals surface area contributed by atoms with Crippen molar-refractivity contribution in [3.05, 3.63) is 39.9 Å². The Morgan fingerprint density at radius 1 is 1.53 bits per heavy atom. The molecule has 1 rings (SSSR count). The Morgan fingerprint density at radius 2 is 2.21 bits per heavy atom. The van der Waals surface area contributed by atoms with Gasteiger partial charge in [0.05, 0.1) is 4.92 Å². The Balaban J connectivity index is 2.89. The predicted molar refractivity (Wildman–Crippen MR) is 65.4 cm³/mol. The highest BCUT2D eigenvalue weighted by Crippen LogP contribution is 2.13. The molecule has 2 N–H and O–H groups in total. The Kier molecular flexibility index (Phi) is 4.60. The molecule has 1 atom stereocenters. The minimum Gasteiger partial charge on any atom is -0.480 e. The molecule has 0 spiro atoms. The van der Waals surface area contributed by atoms with Gasteiger partial charge in [-0.25, -0.2) is 4.79 Å². The molecule has 7 heteroatoms. The lowest BCUT2D eigenvalue weighted by Crippen LogP contribution is -2.40. The second kappa shape index (κ2) is 6.16. The minimum atomic E-state index is -1.27. The molecule has 1 amide bonds. The van der Waals surface area contributed by atoms with Crippen molar-refractivity contribution in [3.8, 4) is 12.3 Å². The van der Waals surface area contributed by atoms with Gasteiger partial charge in [-0.05, 0) is 6.07 Å². The fourth-order valence-corrected chi connectivity index (χ4v) is 1.32. The number of nitrogens with one attached hydrogen (secondary N) is 1. The molecule has 0 aliphatic rings. The SMILES string of the molecule is C#CC[C@H](NC(=O)c1cccc([N+](=O)[O-])c1)C(=O)O. The number of non-ortho nitro benzene ring substituents is 1. The molecule has 1 aromatic carbocycles. The summed E-state index contributed by atoms with van der Waals surface area (Å²) >= 11 is 0. The van der Waals surface area contributed by atoms with Gasteiger partial charge in [0, 0.05) is 24.1 Å². The van der Waals surface area contributed by atoms with Crippen LogP contribution in [0.2, 0.25) is 0 Å². The van der Waals surface area contributed by atoms with Crippen LogP contribution in [0.5, 0.6) is 0 Å². The van der Waals surface area contributed by atoms with Crippen LogP contribution in [0.15, 0.2) is 24.3 Å². The van der Waals surface area contributed by atoms with E-state index in [0.717, 1.165) is 6.07 Å². The van der Waals surface area contributed by atoms with Gasteiger partial charge in [-0.1, -0.05) is 6.07 Å². The topological polar surface area (TPSA) is 110 Å². The monoisotopic (exact) mass is 262 g/mol. The molecular weight excluding hydrogens is 252 g/mol. The summed E-state index contributed by atoms with van der Waals surface area (Å²) in [5, 5.41) is 21.6. The quantitative estimate of drug-likeness (QED) is 0.463. The van der Waals surface area contributed by atoms with Crippen LogP contribution in [0.4, 0.5) is 5.69 Å². The molecule has 1 aromatic rings. The molecule has 0 heterocycles. The lowest BCUT2D eigenvalue weighted by atomic mass is 10.1. The summed E-state index contributed by atoms with van der Waals surface area (Å²) < 4.78 is 0. The number of amides is 1. The van der Waals surface area contributed by atoms with Crippen molar-refractivity contribution >= 4 is 17.6 Å². The van der Waals surface area contributed by atoms with E-state index in [4.69, 9.17) is 11.5 Å². The van der Waals surface area contributed by atoms with Crippen LogP contribution < -0.4 is 5.32 Å². The highest BCUT2D eigenvalue weighted by Gasteiger charge is 2.20. The van der Waals surface area contributed by atoms with E-state index in [1.807, 2.05) is 0 Å². The molecule has 0 fully saturated rings. The van der Waals surface area contributed by atoms with Crippen molar-refractivity contribution in [2.45, 2.75) is 12.5 Å². The van der Waals surface area contributed by atoms with Gasteiger partial charge < -0.3 is 10.4 Å². The first-order valence-electron chi connectivity index (χ1n) is 5.17. The van der Waals surface area contributed by atoms with Gasteiger partial charge in [-0.3, -0.25) is 14.9 Å². The maximum absolute atomic E-state index is 11.7. The third kappa shape index (κ3) is 3.81. The molecule has 19 heavy (non-hydrogen) atoms. The van der Waals surface area contributed by atoms with Crippen molar-refractivity contribution in [1.82, 2.24) is 5.32 Å². The standard InChI is InChI=1S/C12H10N2O5/c1-2-4-10(12(16)17)13-11(15)8-5-3-6-9(7-8)14(18)19/h1,3,5-7,10H,4H2,(H,13,15)(H,16,17)/t10-/m0/s1. The summed E-state index contributed by atoms with van der Waals surface area (Å²) in [6.07, 6.45) is 4.82. The van der Waals surface area contributed by atoms with E-state index >= 15 is 0 Å². The van der Waals surface area contributed by atoms with Crippen molar-refractivity contribution in [3.63, 3.8) is 0 Å².